The van der Waals surface area contributed by atoms with Gasteiger partial charge in [0, 0.05) is 24.4 Å². The minimum Gasteiger partial charge on any atom is -0.389 e. The van der Waals surface area contributed by atoms with E-state index in [0.717, 1.165) is 0 Å². The third-order valence-electron chi connectivity index (χ3n) is 2.79. The van der Waals surface area contributed by atoms with Gasteiger partial charge in [-0.1, -0.05) is 26.0 Å². The van der Waals surface area contributed by atoms with Gasteiger partial charge in [0.15, 0.2) is 5.78 Å². The molecule has 6 heteroatoms. The summed E-state index contributed by atoms with van der Waals surface area (Å²) in [4.78, 5) is 23.0. The van der Waals surface area contributed by atoms with Crippen LogP contribution in [0.2, 0.25) is 0 Å². The van der Waals surface area contributed by atoms with Crippen molar-refractivity contribution in [3.8, 4) is 0 Å². The van der Waals surface area contributed by atoms with E-state index in [1.807, 2.05) is 13.8 Å². The van der Waals surface area contributed by atoms with Crippen LogP contribution in [0.5, 0.6) is 0 Å². The summed E-state index contributed by atoms with van der Waals surface area (Å²) in [6, 6.07) is 6.23. The van der Waals surface area contributed by atoms with Crippen molar-refractivity contribution in [2.75, 3.05) is 25.1 Å². The Kier molecular flexibility index (Phi) is 7.56. The maximum Gasteiger partial charge on any atom is 0.319 e. The van der Waals surface area contributed by atoms with Gasteiger partial charge in [-0.2, -0.15) is 0 Å². The van der Waals surface area contributed by atoms with Gasteiger partial charge in [0.25, 0.3) is 0 Å². The number of hydrogen-bond donors (Lipinski definition) is 3. The molecule has 0 saturated carbocycles. The molecule has 0 aliphatic heterocycles. The first-order chi connectivity index (χ1) is 10.4. The molecule has 1 aromatic carbocycles. The van der Waals surface area contributed by atoms with E-state index in [4.69, 9.17) is 4.74 Å². The predicted molar refractivity (Wildman–Crippen MR) is 85.1 cm³/mol. The molecule has 0 aromatic heterocycles. The number of amides is 2. The number of nitrogens with one attached hydrogen (secondary N) is 2. The zero-order valence-electron chi connectivity index (χ0n) is 13.3. The molecular formula is C16H24N2O4. The second kappa shape index (κ2) is 9.17. The Morgan fingerprint density at radius 1 is 1.27 bits per heavy atom. The van der Waals surface area contributed by atoms with Crippen molar-refractivity contribution in [3.05, 3.63) is 29.8 Å². The Labute approximate surface area is 130 Å². The lowest BCUT2D eigenvalue weighted by Crippen LogP contribution is -2.37. The van der Waals surface area contributed by atoms with Crippen molar-refractivity contribution in [3.63, 3.8) is 0 Å². The molecule has 1 rings (SSSR count). The fourth-order valence-corrected chi connectivity index (χ4v) is 1.70. The summed E-state index contributed by atoms with van der Waals surface area (Å²) in [6.07, 6.45) is -0.756. The Morgan fingerprint density at radius 3 is 2.64 bits per heavy atom. The van der Waals surface area contributed by atoms with Crippen molar-refractivity contribution in [2.24, 2.45) is 5.92 Å². The molecule has 6 nitrogen and oxygen atoms in total. The number of hydrogen-bond acceptors (Lipinski definition) is 4. The smallest absolute Gasteiger partial charge is 0.319 e. The predicted octanol–water partition coefficient (Wildman–Crippen LogP) is 2.04. The standard InChI is InChI=1S/C16H24N2O4/c1-11(2)9-22-10-15(20)8-17-16(21)18-14-6-4-5-13(7-14)12(3)19/h4-7,11,15,20H,8-10H2,1-3H3,(H2,17,18,21). The highest BCUT2D eigenvalue weighted by Gasteiger charge is 2.08. The van der Waals surface area contributed by atoms with Crippen LogP contribution in [-0.4, -0.2) is 42.8 Å². The van der Waals surface area contributed by atoms with E-state index in [0.29, 0.717) is 23.8 Å². The number of urea groups is 1. The van der Waals surface area contributed by atoms with Crippen LogP contribution < -0.4 is 10.6 Å². The van der Waals surface area contributed by atoms with Crippen molar-refractivity contribution in [1.29, 1.82) is 0 Å². The largest absolute Gasteiger partial charge is 0.389 e. The van der Waals surface area contributed by atoms with Crippen molar-refractivity contribution >= 4 is 17.5 Å². The van der Waals surface area contributed by atoms with Crippen LogP contribution >= 0.6 is 0 Å². The van der Waals surface area contributed by atoms with E-state index in [-0.39, 0.29) is 18.9 Å². The molecule has 2 amide bonds. The van der Waals surface area contributed by atoms with Crippen molar-refractivity contribution < 1.29 is 19.4 Å². The van der Waals surface area contributed by atoms with Crippen LogP contribution in [0.3, 0.4) is 0 Å². The molecule has 0 spiro atoms. The molecule has 0 bridgehead atoms. The molecular weight excluding hydrogens is 284 g/mol. The van der Waals surface area contributed by atoms with Gasteiger partial charge in [-0.15, -0.1) is 0 Å². The molecule has 122 valence electrons. The minimum atomic E-state index is -0.756. The van der Waals surface area contributed by atoms with E-state index in [9.17, 15) is 14.7 Å². The first-order valence-corrected chi connectivity index (χ1v) is 7.30. The van der Waals surface area contributed by atoms with Gasteiger partial charge in [-0.05, 0) is 25.0 Å². The topological polar surface area (TPSA) is 87.7 Å². The second-order valence-corrected chi connectivity index (χ2v) is 5.56. The van der Waals surface area contributed by atoms with Crippen LogP contribution in [-0.2, 0) is 4.74 Å². The molecule has 1 unspecified atom stereocenters. The Hall–Kier alpha value is -1.92. The lowest BCUT2D eigenvalue weighted by atomic mass is 10.1. The van der Waals surface area contributed by atoms with Crippen molar-refractivity contribution in [1.82, 2.24) is 5.32 Å². The second-order valence-electron chi connectivity index (χ2n) is 5.56. The SMILES string of the molecule is CC(=O)c1cccc(NC(=O)NCC(O)COCC(C)C)c1. The van der Waals surface area contributed by atoms with Crippen LogP contribution in [0.4, 0.5) is 10.5 Å². The fraction of sp³-hybridized carbons (Fsp3) is 0.500. The summed E-state index contributed by atoms with van der Waals surface area (Å²) in [6.45, 7) is 6.35. The molecule has 0 fully saturated rings. The third kappa shape index (κ3) is 7.19. The lowest BCUT2D eigenvalue weighted by molar-refractivity contribution is 0.0274. The van der Waals surface area contributed by atoms with E-state index in [1.54, 1.807) is 24.3 Å². The number of ketones is 1. The number of ether oxygens (including phenoxy) is 1. The van der Waals surface area contributed by atoms with E-state index in [2.05, 4.69) is 10.6 Å². The summed E-state index contributed by atoms with van der Waals surface area (Å²) in [5, 5.41) is 14.8. The van der Waals surface area contributed by atoms with Crippen LogP contribution in [0, 0.1) is 5.92 Å². The minimum absolute atomic E-state index is 0.0678. The summed E-state index contributed by atoms with van der Waals surface area (Å²) in [5.74, 6) is 0.332. The van der Waals surface area contributed by atoms with E-state index >= 15 is 0 Å². The van der Waals surface area contributed by atoms with Crippen molar-refractivity contribution in [2.45, 2.75) is 26.9 Å². The Morgan fingerprint density at radius 2 is 2.00 bits per heavy atom. The quantitative estimate of drug-likeness (QED) is 0.641. The summed E-state index contributed by atoms with van der Waals surface area (Å²) in [5.41, 5.74) is 1.05. The molecule has 1 atom stereocenters. The molecule has 22 heavy (non-hydrogen) atoms. The molecule has 0 radical (unpaired) electrons. The number of aliphatic hydroxyl groups excluding tert-OH is 1. The van der Waals surface area contributed by atoms with Gasteiger partial charge in [0.1, 0.15) is 0 Å². The van der Waals surface area contributed by atoms with E-state index in [1.165, 1.54) is 6.92 Å². The first kappa shape index (κ1) is 18.1. The van der Waals surface area contributed by atoms with E-state index < -0.39 is 12.1 Å². The zero-order valence-corrected chi connectivity index (χ0v) is 13.3. The number of carbonyl (C=O) groups excluding carboxylic acids is 2. The highest BCUT2D eigenvalue weighted by Crippen LogP contribution is 2.10. The maximum atomic E-state index is 11.7. The molecule has 3 N–H and O–H groups in total. The van der Waals surface area contributed by atoms with Crippen LogP contribution in [0.1, 0.15) is 31.1 Å². The summed E-state index contributed by atoms with van der Waals surface area (Å²) >= 11 is 0. The van der Waals surface area contributed by atoms with Gasteiger partial charge in [0.2, 0.25) is 0 Å². The first-order valence-electron chi connectivity index (χ1n) is 7.30. The fourth-order valence-electron chi connectivity index (χ4n) is 1.70. The molecule has 0 saturated heterocycles. The van der Waals surface area contributed by atoms with Gasteiger partial charge >= 0.3 is 6.03 Å². The molecule has 1 aromatic rings. The van der Waals surface area contributed by atoms with Gasteiger partial charge in [-0.25, -0.2) is 4.79 Å². The average Bonchev–Trinajstić information content (AvgIpc) is 2.45. The Balaban J connectivity index is 2.34. The third-order valence-corrected chi connectivity index (χ3v) is 2.79. The lowest BCUT2D eigenvalue weighted by Gasteiger charge is -2.14. The molecule has 0 aliphatic rings. The van der Waals surface area contributed by atoms with Gasteiger partial charge < -0.3 is 20.5 Å². The van der Waals surface area contributed by atoms with Crippen LogP contribution in [0.15, 0.2) is 24.3 Å². The normalized spacial score (nSPS) is 12.0. The number of anilines is 1. The summed E-state index contributed by atoms with van der Waals surface area (Å²) < 4.78 is 5.29. The molecule has 0 heterocycles. The van der Waals surface area contributed by atoms with Crippen LogP contribution in [0.25, 0.3) is 0 Å². The van der Waals surface area contributed by atoms with Gasteiger partial charge in [-0.3, -0.25) is 4.79 Å². The zero-order chi connectivity index (χ0) is 16.5. The number of benzene rings is 1. The Bertz CT molecular complexity index is 503. The number of carbonyl (C=O) groups is 2. The summed E-state index contributed by atoms with van der Waals surface area (Å²) in [7, 11) is 0. The molecule has 0 aliphatic carbocycles. The average molecular weight is 308 g/mol. The highest BCUT2D eigenvalue weighted by molar-refractivity contribution is 5.96. The number of rotatable bonds is 8. The van der Waals surface area contributed by atoms with Gasteiger partial charge in [0.05, 0.1) is 12.7 Å². The number of aliphatic hydroxyl groups is 1. The highest BCUT2D eigenvalue weighted by atomic mass is 16.5. The maximum absolute atomic E-state index is 11.7. The number of Topliss-reactive ketones (excluding diaryl/α,β-unsaturated/α-hetero) is 1. The monoisotopic (exact) mass is 308 g/mol.